The van der Waals surface area contributed by atoms with Gasteiger partial charge in [-0.3, -0.25) is 0 Å². The molecule has 0 radical (unpaired) electrons. The molecule has 150 valence electrons. The fraction of sp³-hybridized carbons (Fsp3) is 0. The molecule has 0 aliphatic heterocycles. The number of carbonyl (C=O) groups is 1. The first-order chi connectivity index (χ1) is 14.4. The highest BCUT2D eigenvalue weighted by Gasteiger charge is 2.30. The van der Waals surface area contributed by atoms with Crippen molar-refractivity contribution in [2.75, 3.05) is 0 Å². The summed E-state index contributed by atoms with van der Waals surface area (Å²) in [6.07, 6.45) is 0. The molecular formula is C21H14BrN3O4S. The van der Waals surface area contributed by atoms with E-state index in [0.29, 0.717) is 15.7 Å². The molecule has 0 spiro atoms. The molecule has 0 saturated carbocycles. The number of hydrogen-bond donors (Lipinski definition) is 1. The maximum absolute atomic E-state index is 13.4. The third-order valence-corrected chi connectivity index (χ3v) is 7.08. The SMILES string of the molecule is O=C(O)c1cccc(-n2nnc(S(=O)(=O)c3ccccc3Br)c2-c2ccccc2)c1. The summed E-state index contributed by atoms with van der Waals surface area (Å²) in [5.41, 5.74) is 1.26. The molecule has 0 aliphatic carbocycles. The van der Waals surface area contributed by atoms with Gasteiger partial charge in [-0.25, -0.2) is 17.9 Å². The van der Waals surface area contributed by atoms with Crippen molar-refractivity contribution in [3.8, 4) is 16.9 Å². The maximum atomic E-state index is 13.4. The van der Waals surface area contributed by atoms with Crippen LogP contribution < -0.4 is 0 Å². The normalized spacial score (nSPS) is 11.4. The van der Waals surface area contributed by atoms with Gasteiger partial charge in [-0.2, -0.15) is 0 Å². The Kier molecular flexibility index (Phi) is 5.23. The molecule has 1 heterocycles. The lowest BCUT2D eigenvalue weighted by molar-refractivity contribution is 0.0697. The van der Waals surface area contributed by atoms with E-state index in [1.165, 1.54) is 22.9 Å². The van der Waals surface area contributed by atoms with Crippen molar-refractivity contribution in [2.24, 2.45) is 0 Å². The lowest BCUT2D eigenvalue weighted by Crippen LogP contribution is -2.07. The fourth-order valence-corrected chi connectivity index (χ4v) is 5.33. The number of halogens is 1. The Bertz CT molecular complexity index is 1350. The van der Waals surface area contributed by atoms with Crippen LogP contribution in [-0.4, -0.2) is 34.5 Å². The molecule has 0 amide bonds. The van der Waals surface area contributed by atoms with Crippen LogP contribution >= 0.6 is 15.9 Å². The predicted octanol–water partition coefficient (Wildman–Crippen LogP) is 4.23. The van der Waals surface area contributed by atoms with Crippen LogP contribution in [0.1, 0.15) is 10.4 Å². The van der Waals surface area contributed by atoms with Crippen molar-refractivity contribution in [3.05, 3.63) is 88.9 Å². The summed E-state index contributed by atoms with van der Waals surface area (Å²) in [6.45, 7) is 0. The molecule has 0 aliphatic rings. The molecule has 4 aromatic rings. The molecule has 30 heavy (non-hydrogen) atoms. The Labute approximate surface area is 180 Å². The molecule has 0 saturated heterocycles. The highest BCUT2D eigenvalue weighted by atomic mass is 79.9. The second-order valence-electron chi connectivity index (χ2n) is 6.31. The number of aromatic nitrogens is 3. The molecule has 3 aromatic carbocycles. The van der Waals surface area contributed by atoms with Gasteiger partial charge < -0.3 is 5.11 Å². The highest BCUT2D eigenvalue weighted by Crippen LogP contribution is 2.34. The van der Waals surface area contributed by atoms with Gasteiger partial charge in [0.15, 0.2) is 0 Å². The van der Waals surface area contributed by atoms with E-state index in [2.05, 4.69) is 26.2 Å². The average Bonchev–Trinajstić information content (AvgIpc) is 3.21. The third-order valence-electron chi connectivity index (χ3n) is 4.40. The van der Waals surface area contributed by atoms with E-state index in [4.69, 9.17) is 0 Å². The van der Waals surface area contributed by atoms with Gasteiger partial charge in [-0.05, 0) is 46.3 Å². The van der Waals surface area contributed by atoms with Crippen molar-refractivity contribution in [1.82, 2.24) is 15.0 Å². The second-order valence-corrected chi connectivity index (χ2v) is 9.00. The van der Waals surface area contributed by atoms with Gasteiger partial charge in [-0.15, -0.1) is 5.10 Å². The Hall–Kier alpha value is -3.30. The molecule has 0 unspecified atom stereocenters. The molecule has 9 heteroatoms. The van der Waals surface area contributed by atoms with Gasteiger partial charge in [0.1, 0.15) is 5.69 Å². The van der Waals surface area contributed by atoms with Gasteiger partial charge >= 0.3 is 5.97 Å². The highest BCUT2D eigenvalue weighted by molar-refractivity contribution is 9.10. The Morgan fingerprint density at radius 1 is 0.933 bits per heavy atom. The first-order valence-corrected chi connectivity index (χ1v) is 11.0. The summed E-state index contributed by atoms with van der Waals surface area (Å²) in [4.78, 5) is 11.4. The van der Waals surface area contributed by atoms with Crippen molar-refractivity contribution in [3.63, 3.8) is 0 Å². The zero-order valence-electron chi connectivity index (χ0n) is 15.3. The Morgan fingerprint density at radius 3 is 2.33 bits per heavy atom. The Morgan fingerprint density at radius 2 is 1.63 bits per heavy atom. The van der Waals surface area contributed by atoms with Crippen LogP contribution in [0.15, 0.2) is 93.3 Å². The van der Waals surface area contributed by atoms with Gasteiger partial charge in [-0.1, -0.05) is 53.7 Å². The number of nitrogens with zero attached hydrogens (tertiary/aromatic N) is 3. The zero-order valence-corrected chi connectivity index (χ0v) is 17.7. The van der Waals surface area contributed by atoms with Crippen LogP contribution in [0.25, 0.3) is 16.9 Å². The lowest BCUT2D eigenvalue weighted by atomic mass is 10.1. The summed E-state index contributed by atoms with van der Waals surface area (Å²) in [7, 11) is -4.02. The van der Waals surface area contributed by atoms with Crippen LogP contribution in [0.5, 0.6) is 0 Å². The lowest BCUT2D eigenvalue weighted by Gasteiger charge is -2.10. The van der Waals surface area contributed by atoms with Crippen molar-refractivity contribution in [2.45, 2.75) is 9.92 Å². The second kappa shape index (κ2) is 7.85. The van der Waals surface area contributed by atoms with E-state index in [1.807, 2.05) is 6.07 Å². The number of sulfone groups is 1. The van der Waals surface area contributed by atoms with E-state index in [1.54, 1.807) is 54.6 Å². The van der Waals surface area contributed by atoms with Crippen LogP contribution in [0.3, 0.4) is 0 Å². The van der Waals surface area contributed by atoms with Crippen molar-refractivity contribution < 1.29 is 18.3 Å². The molecule has 0 bridgehead atoms. The molecule has 1 N–H and O–H groups in total. The monoisotopic (exact) mass is 483 g/mol. The molecule has 4 rings (SSSR count). The number of aromatic carboxylic acids is 1. The average molecular weight is 484 g/mol. The minimum absolute atomic E-state index is 0.0530. The maximum Gasteiger partial charge on any atom is 0.335 e. The van der Waals surface area contributed by atoms with E-state index in [0.717, 1.165) is 0 Å². The van der Waals surface area contributed by atoms with E-state index < -0.39 is 15.8 Å². The van der Waals surface area contributed by atoms with Crippen LogP contribution in [0.2, 0.25) is 0 Å². The smallest absolute Gasteiger partial charge is 0.335 e. The molecular weight excluding hydrogens is 470 g/mol. The minimum atomic E-state index is -4.02. The van der Waals surface area contributed by atoms with E-state index in [-0.39, 0.29) is 21.2 Å². The van der Waals surface area contributed by atoms with Gasteiger partial charge in [0.05, 0.1) is 16.1 Å². The molecule has 7 nitrogen and oxygen atoms in total. The van der Waals surface area contributed by atoms with Crippen molar-refractivity contribution in [1.29, 1.82) is 0 Å². The van der Waals surface area contributed by atoms with Gasteiger partial charge in [0.25, 0.3) is 0 Å². The topological polar surface area (TPSA) is 102 Å². The number of carboxylic acid groups (broad SMARTS) is 1. The van der Waals surface area contributed by atoms with Crippen LogP contribution in [-0.2, 0) is 9.84 Å². The van der Waals surface area contributed by atoms with E-state index >= 15 is 0 Å². The van der Waals surface area contributed by atoms with Crippen LogP contribution in [0, 0.1) is 0 Å². The molecule has 0 atom stereocenters. The number of benzene rings is 3. The summed E-state index contributed by atoms with van der Waals surface area (Å²) in [5, 5.41) is 17.1. The number of carboxylic acids is 1. The standard InChI is InChI=1S/C21H14BrN3O4S/c22-17-11-4-5-12-18(17)30(28,29)20-19(14-7-2-1-3-8-14)25(24-23-20)16-10-6-9-15(13-16)21(26)27/h1-13H,(H,26,27). The summed E-state index contributed by atoms with van der Waals surface area (Å²) in [5.74, 6) is -1.10. The quantitative estimate of drug-likeness (QED) is 0.455. The first kappa shape index (κ1) is 20.0. The molecule has 0 fully saturated rings. The number of hydrogen-bond acceptors (Lipinski definition) is 5. The first-order valence-electron chi connectivity index (χ1n) is 8.74. The summed E-state index contributed by atoms with van der Waals surface area (Å²) >= 11 is 3.29. The largest absolute Gasteiger partial charge is 0.478 e. The Balaban J connectivity index is 2.00. The zero-order chi connectivity index (χ0) is 21.3. The van der Waals surface area contributed by atoms with Crippen LogP contribution in [0.4, 0.5) is 0 Å². The molecule has 1 aromatic heterocycles. The van der Waals surface area contributed by atoms with E-state index in [9.17, 15) is 18.3 Å². The minimum Gasteiger partial charge on any atom is -0.478 e. The number of rotatable bonds is 5. The predicted molar refractivity (Wildman–Crippen MR) is 113 cm³/mol. The van der Waals surface area contributed by atoms with Gasteiger partial charge in [0.2, 0.25) is 14.9 Å². The summed E-state index contributed by atoms with van der Waals surface area (Å²) < 4.78 is 28.6. The fourth-order valence-electron chi connectivity index (χ4n) is 3.01. The van der Waals surface area contributed by atoms with Crippen molar-refractivity contribution >= 4 is 31.7 Å². The van der Waals surface area contributed by atoms with Gasteiger partial charge in [0, 0.05) is 10.0 Å². The summed E-state index contributed by atoms with van der Waals surface area (Å²) in [6, 6.07) is 21.4. The third kappa shape index (κ3) is 3.53.